The van der Waals surface area contributed by atoms with Crippen LogP contribution < -0.4 is 10.6 Å². The van der Waals surface area contributed by atoms with Gasteiger partial charge in [0.05, 0.1) is 0 Å². The molecular weight excluding hydrogens is 314 g/mol. The van der Waals surface area contributed by atoms with Crippen LogP contribution in [-0.4, -0.2) is 36.1 Å². The summed E-state index contributed by atoms with van der Waals surface area (Å²) >= 11 is 1.36. The van der Waals surface area contributed by atoms with Gasteiger partial charge in [-0.05, 0) is 25.2 Å². The second-order valence-electron chi connectivity index (χ2n) is 5.80. The number of esters is 1. The maximum Gasteiger partial charge on any atom is 0.358 e. The number of nitrogens with zero attached hydrogens (tertiary/aromatic N) is 1. The molecule has 0 aliphatic carbocycles. The third-order valence-electron chi connectivity index (χ3n) is 3.40. The van der Waals surface area contributed by atoms with Gasteiger partial charge in [-0.3, -0.25) is 4.79 Å². The van der Waals surface area contributed by atoms with Crippen molar-refractivity contribution in [2.45, 2.75) is 53.0 Å². The highest BCUT2D eigenvalue weighted by atomic mass is 32.1. The Balaban J connectivity index is 2.37. The molecule has 1 aromatic rings. The van der Waals surface area contributed by atoms with Gasteiger partial charge in [0.2, 0.25) is 0 Å². The monoisotopic (exact) mass is 341 g/mol. The highest BCUT2D eigenvalue weighted by Crippen LogP contribution is 2.16. The summed E-state index contributed by atoms with van der Waals surface area (Å²) < 4.78 is 5.00. The lowest BCUT2D eigenvalue weighted by Crippen LogP contribution is -2.36. The predicted molar refractivity (Wildman–Crippen MR) is 92.9 cm³/mol. The van der Waals surface area contributed by atoms with Crippen molar-refractivity contribution in [3.8, 4) is 0 Å². The van der Waals surface area contributed by atoms with Crippen LogP contribution in [0.15, 0.2) is 5.38 Å². The SMILES string of the molecule is CCC(CC)NC(=O)COC(=O)c1csc(NCCC(C)C)n1. The lowest BCUT2D eigenvalue weighted by molar-refractivity contribution is -0.125. The van der Waals surface area contributed by atoms with Crippen LogP contribution in [0.3, 0.4) is 0 Å². The lowest BCUT2D eigenvalue weighted by Gasteiger charge is -2.14. The van der Waals surface area contributed by atoms with E-state index in [9.17, 15) is 9.59 Å². The van der Waals surface area contributed by atoms with Crippen LogP contribution in [0, 0.1) is 5.92 Å². The Morgan fingerprint density at radius 2 is 2.00 bits per heavy atom. The number of amides is 1. The molecule has 2 N–H and O–H groups in total. The Morgan fingerprint density at radius 1 is 1.30 bits per heavy atom. The van der Waals surface area contributed by atoms with Crippen molar-refractivity contribution >= 4 is 28.3 Å². The summed E-state index contributed by atoms with van der Waals surface area (Å²) in [5, 5.41) is 8.33. The van der Waals surface area contributed by atoms with Crippen LogP contribution in [0.25, 0.3) is 0 Å². The number of hydrogen-bond donors (Lipinski definition) is 2. The van der Waals surface area contributed by atoms with Gasteiger partial charge in [-0.2, -0.15) is 0 Å². The first-order chi connectivity index (χ1) is 11.0. The molecule has 0 saturated heterocycles. The van der Waals surface area contributed by atoms with Gasteiger partial charge >= 0.3 is 5.97 Å². The van der Waals surface area contributed by atoms with Crippen molar-refractivity contribution in [3.05, 3.63) is 11.1 Å². The highest BCUT2D eigenvalue weighted by molar-refractivity contribution is 7.13. The van der Waals surface area contributed by atoms with E-state index in [2.05, 4.69) is 29.5 Å². The summed E-state index contributed by atoms with van der Waals surface area (Å²) in [6.45, 7) is 8.85. The van der Waals surface area contributed by atoms with E-state index in [1.807, 2.05) is 13.8 Å². The van der Waals surface area contributed by atoms with E-state index in [1.54, 1.807) is 5.38 Å². The van der Waals surface area contributed by atoms with E-state index in [-0.39, 0.29) is 24.2 Å². The fraction of sp³-hybridized carbons (Fsp3) is 0.688. The van der Waals surface area contributed by atoms with Crippen LogP contribution in [0.2, 0.25) is 0 Å². The summed E-state index contributed by atoms with van der Waals surface area (Å²) in [6.07, 6.45) is 2.75. The Hall–Kier alpha value is -1.63. The number of carbonyl (C=O) groups excluding carboxylic acids is 2. The van der Waals surface area contributed by atoms with Gasteiger partial charge in [0, 0.05) is 18.0 Å². The molecule has 7 heteroatoms. The molecular formula is C16H27N3O3S. The average molecular weight is 341 g/mol. The number of thiazole rings is 1. The number of anilines is 1. The van der Waals surface area contributed by atoms with Crippen molar-refractivity contribution in [1.82, 2.24) is 10.3 Å². The average Bonchev–Trinajstić information content (AvgIpc) is 2.98. The molecule has 0 radical (unpaired) electrons. The standard InChI is InChI=1S/C16H27N3O3S/c1-5-12(6-2)18-14(20)9-22-15(21)13-10-23-16(19-13)17-8-7-11(3)4/h10-12H,5-9H2,1-4H3,(H,17,19)(H,18,20). The Bertz CT molecular complexity index is 499. The first-order valence-corrected chi connectivity index (χ1v) is 9.00. The van der Waals surface area contributed by atoms with Gasteiger partial charge in [0.25, 0.3) is 5.91 Å². The minimum Gasteiger partial charge on any atom is -0.451 e. The molecule has 0 aliphatic heterocycles. The van der Waals surface area contributed by atoms with Crippen LogP contribution in [0.1, 0.15) is 57.4 Å². The zero-order chi connectivity index (χ0) is 17.2. The molecule has 0 unspecified atom stereocenters. The van der Waals surface area contributed by atoms with E-state index >= 15 is 0 Å². The first kappa shape index (κ1) is 19.4. The second kappa shape index (κ2) is 10.2. The van der Waals surface area contributed by atoms with Gasteiger partial charge < -0.3 is 15.4 Å². The number of hydrogen-bond acceptors (Lipinski definition) is 6. The minimum atomic E-state index is -0.571. The second-order valence-corrected chi connectivity index (χ2v) is 6.66. The number of aromatic nitrogens is 1. The number of rotatable bonds is 10. The van der Waals surface area contributed by atoms with E-state index in [0.29, 0.717) is 11.0 Å². The van der Waals surface area contributed by atoms with Crippen molar-refractivity contribution in [1.29, 1.82) is 0 Å². The fourth-order valence-electron chi connectivity index (χ4n) is 1.88. The molecule has 0 fully saturated rings. The molecule has 0 atom stereocenters. The van der Waals surface area contributed by atoms with Crippen LogP contribution in [-0.2, 0) is 9.53 Å². The lowest BCUT2D eigenvalue weighted by atomic mass is 10.1. The van der Waals surface area contributed by atoms with E-state index in [1.165, 1.54) is 11.3 Å². The van der Waals surface area contributed by atoms with Gasteiger partial charge in [0.15, 0.2) is 17.4 Å². The molecule has 1 heterocycles. The van der Waals surface area contributed by atoms with Crippen molar-refractivity contribution in [2.24, 2.45) is 5.92 Å². The third kappa shape index (κ3) is 7.45. The predicted octanol–water partition coefficient (Wildman–Crippen LogP) is 3.06. The van der Waals surface area contributed by atoms with Crippen molar-refractivity contribution in [2.75, 3.05) is 18.5 Å². The molecule has 1 aromatic heterocycles. The van der Waals surface area contributed by atoms with Gasteiger partial charge in [-0.25, -0.2) is 9.78 Å². The van der Waals surface area contributed by atoms with Gasteiger partial charge in [-0.1, -0.05) is 27.7 Å². The molecule has 130 valence electrons. The third-order valence-corrected chi connectivity index (χ3v) is 4.20. The normalized spacial score (nSPS) is 10.9. The molecule has 6 nitrogen and oxygen atoms in total. The van der Waals surface area contributed by atoms with Gasteiger partial charge in [0.1, 0.15) is 0 Å². The quantitative estimate of drug-likeness (QED) is 0.639. The summed E-state index contributed by atoms with van der Waals surface area (Å²) in [7, 11) is 0. The first-order valence-electron chi connectivity index (χ1n) is 8.12. The fourth-order valence-corrected chi connectivity index (χ4v) is 2.59. The largest absolute Gasteiger partial charge is 0.451 e. The maximum atomic E-state index is 11.9. The Labute approximate surface area is 142 Å². The Kier molecular flexibility index (Phi) is 8.61. The molecule has 0 saturated carbocycles. The number of ether oxygens (including phenoxy) is 1. The minimum absolute atomic E-state index is 0.122. The number of carbonyl (C=O) groups is 2. The smallest absolute Gasteiger partial charge is 0.358 e. The van der Waals surface area contributed by atoms with Crippen molar-refractivity contribution < 1.29 is 14.3 Å². The summed E-state index contributed by atoms with van der Waals surface area (Å²) in [4.78, 5) is 27.8. The van der Waals surface area contributed by atoms with E-state index in [4.69, 9.17) is 4.74 Å². The Morgan fingerprint density at radius 3 is 2.61 bits per heavy atom. The molecule has 0 aliphatic rings. The molecule has 0 spiro atoms. The molecule has 0 aromatic carbocycles. The molecule has 1 amide bonds. The number of nitrogens with one attached hydrogen (secondary N) is 2. The molecule has 23 heavy (non-hydrogen) atoms. The molecule has 0 bridgehead atoms. The highest BCUT2D eigenvalue weighted by Gasteiger charge is 2.15. The van der Waals surface area contributed by atoms with Crippen molar-refractivity contribution in [3.63, 3.8) is 0 Å². The summed E-state index contributed by atoms with van der Waals surface area (Å²) in [5.41, 5.74) is 0.234. The van der Waals surface area contributed by atoms with E-state index in [0.717, 1.165) is 25.8 Å². The summed E-state index contributed by atoms with van der Waals surface area (Å²) in [6, 6.07) is 0.122. The van der Waals surface area contributed by atoms with Gasteiger partial charge in [-0.15, -0.1) is 11.3 Å². The van der Waals surface area contributed by atoms with Crippen LogP contribution in [0.4, 0.5) is 5.13 Å². The van der Waals surface area contributed by atoms with Crippen LogP contribution >= 0.6 is 11.3 Å². The molecule has 1 rings (SSSR count). The zero-order valence-corrected chi connectivity index (χ0v) is 15.2. The summed E-state index contributed by atoms with van der Waals surface area (Å²) in [5.74, 6) is -0.240. The zero-order valence-electron chi connectivity index (χ0n) is 14.3. The van der Waals surface area contributed by atoms with E-state index < -0.39 is 5.97 Å². The maximum absolute atomic E-state index is 11.9. The van der Waals surface area contributed by atoms with Crippen LogP contribution in [0.5, 0.6) is 0 Å². The topological polar surface area (TPSA) is 80.3 Å².